The largest absolute Gasteiger partial charge is 0.390 e. The minimum atomic E-state index is -0.711. The Morgan fingerprint density at radius 2 is 1.83 bits per heavy atom. The van der Waals surface area contributed by atoms with E-state index in [1.807, 2.05) is 25.1 Å². The lowest BCUT2D eigenvalue weighted by molar-refractivity contribution is -0.139. The molecule has 42 heavy (non-hydrogen) atoms. The second-order valence-electron chi connectivity index (χ2n) is 14.7. The Morgan fingerprint density at radius 1 is 1.10 bits per heavy atom. The number of hydrogen-bond acceptors (Lipinski definition) is 5. The number of hydrogen-bond donors (Lipinski definition) is 2. The van der Waals surface area contributed by atoms with Crippen molar-refractivity contribution < 1.29 is 19.4 Å². The van der Waals surface area contributed by atoms with Gasteiger partial charge in [0.15, 0.2) is 0 Å². The molecular weight excluding hydrogens is 528 g/mol. The molecule has 5 aliphatic rings. The Balaban J connectivity index is 1.14. The van der Waals surface area contributed by atoms with Crippen LogP contribution in [0.2, 0.25) is 0 Å². The topological polar surface area (TPSA) is 85.4 Å². The van der Waals surface area contributed by atoms with Crippen LogP contribution in [0.25, 0.3) is 0 Å². The van der Waals surface area contributed by atoms with E-state index in [1.165, 1.54) is 12.8 Å². The third kappa shape index (κ3) is 6.09. The summed E-state index contributed by atoms with van der Waals surface area (Å²) in [5.41, 5.74) is 0.351. The first-order valence-electron chi connectivity index (χ1n) is 16.6. The molecule has 0 radical (unpaired) electrons. The van der Waals surface area contributed by atoms with Crippen molar-refractivity contribution in [1.82, 2.24) is 20.0 Å². The van der Waals surface area contributed by atoms with Crippen LogP contribution in [-0.2, 0) is 9.53 Å². The molecule has 2 saturated carbocycles. The lowest BCUT2D eigenvalue weighted by Crippen LogP contribution is -2.50. The molecule has 232 valence electrons. The zero-order valence-electron chi connectivity index (χ0n) is 26.0. The fourth-order valence-corrected chi connectivity index (χ4v) is 9.10. The van der Waals surface area contributed by atoms with Gasteiger partial charge in [-0.3, -0.25) is 9.69 Å². The third-order valence-electron chi connectivity index (χ3n) is 11.0. The molecule has 3 heterocycles. The Kier molecular flexibility index (Phi) is 8.60. The van der Waals surface area contributed by atoms with Gasteiger partial charge in [0.05, 0.1) is 17.2 Å². The summed E-state index contributed by atoms with van der Waals surface area (Å²) in [7, 11) is 0. The van der Waals surface area contributed by atoms with Gasteiger partial charge >= 0.3 is 6.03 Å². The SMILES string of the molecule is CC(C)N1C(=O)N(CC2CCOCC2)CC12CC1CCCN(CC[C@H](NC(=O)C3CC(C)(O)C3)c3ccccc3)C1C2. The summed E-state index contributed by atoms with van der Waals surface area (Å²) in [4.78, 5) is 34.1. The monoisotopic (exact) mass is 580 g/mol. The van der Waals surface area contributed by atoms with Gasteiger partial charge in [0.2, 0.25) is 5.91 Å². The zero-order chi connectivity index (χ0) is 29.5. The summed E-state index contributed by atoms with van der Waals surface area (Å²) in [5, 5.41) is 13.5. The molecule has 3 saturated heterocycles. The molecule has 2 N–H and O–H groups in total. The van der Waals surface area contributed by atoms with Crippen LogP contribution < -0.4 is 5.32 Å². The van der Waals surface area contributed by atoms with Crippen molar-refractivity contribution in [1.29, 1.82) is 0 Å². The molecule has 5 fully saturated rings. The van der Waals surface area contributed by atoms with Crippen molar-refractivity contribution in [3.63, 3.8) is 0 Å². The number of urea groups is 1. The Hall–Kier alpha value is -2.16. The van der Waals surface area contributed by atoms with Crippen molar-refractivity contribution in [2.24, 2.45) is 17.8 Å². The molecule has 3 unspecified atom stereocenters. The lowest BCUT2D eigenvalue weighted by Gasteiger charge is -2.41. The van der Waals surface area contributed by atoms with Crippen molar-refractivity contribution in [3.05, 3.63) is 35.9 Å². The average molecular weight is 581 g/mol. The van der Waals surface area contributed by atoms with Crippen LogP contribution in [0.3, 0.4) is 0 Å². The van der Waals surface area contributed by atoms with Gasteiger partial charge in [0.1, 0.15) is 0 Å². The minimum absolute atomic E-state index is 0.0461. The fraction of sp³-hybridized carbons (Fsp3) is 0.765. The summed E-state index contributed by atoms with van der Waals surface area (Å²) >= 11 is 0. The van der Waals surface area contributed by atoms with Crippen molar-refractivity contribution in [2.45, 2.75) is 108 Å². The molecule has 0 aromatic heterocycles. The maximum atomic E-state index is 13.8. The van der Waals surface area contributed by atoms with E-state index in [0.717, 1.165) is 77.1 Å². The van der Waals surface area contributed by atoms with E-state index in [-0.39, 0.29) is 35.5 Å². The Morgan fingerprint density at radius 3 is 2.52 bits per heavy atom. The third-order valence-corrected chi connectivity index (χ3v) is 11.0. The number of fused-ring (bicyclic) bond motifs is 1. The van der Waals surface area contributed by atoms with Gasteiger partial charge in [-0.2, -0.15) is 0 Å². The number of likely N-dealkylation sites (tertiary alicyclic amines) is 1. The van der Waals surface area contributed by atoms with Gasteiger partial charge in [0.25, 0.3) is 0 Å². The highest BCUT2D eigenvalue weighted by Crippen LogP contribution is 2.50. The van der Waals surface area contributed by atoms with Gasteiger partial charge < -0.3 is 25.0 Å². The first-order valence-corrected chi connectivity index (χ1v) is 16.6. The minimum Gasteiger partial charge on any atom is -0.390 e. The zero-order valence-corrected chi connectivity index (χ0v) is 26.0. The molecule has 0 bridgehead atoms. The van der Waals surface area contributed by atoms with E-state index < -0.39 is 5.60 Å². The van der Waals surface area contributed by atoms with Crippen LogP contribution in [0.1, 0.15) is 90.2 Å². The molecule has 3 amide bonds. The predicted molar refractivity (Wildman–Crippen MR) is 163 cm³/mol. The number of nitrogens with zero attached hydrogens (tertiary/aromatic N) is 3. The van der Waals surface area contributed by atoms with Crippen LogP contribution >= 0.6 is 0 Å². The van der Waals surface area contributed by atoms with Gasteiger partial charge in [-0.05, 0) is 103 Å². The number of piperidine rings is 1. The number of ether oxygens (including phenoxy) is 1. The molecule has 2 aliphatic carbocycles. The average Bonchev–Trinajstić information content (AvgIpc) is 3.45. The van der Waals surface area contributed by atoms with Crippen LogP contribution in [0, 0.1) is 17.8 Å². The second-order valence-corrected chi connectivity index (χ2v) is 14.7. The Labute approximate surface area is 252 Å². The number of carbonyl (C=O) groups is 2. The molecular formula is C34H52N4O4. The fourth-order valence-electron chi connectivity index (χ4n) is 9.10. The van der Waals surface area contributed by atoms with E-state index in [2.05, 4.69) is 46.0 Å². The van der Waals surface area contributed by atoms with Crippen LogP contribution in [0.5, 0.6) is 0 Å². The highest BCUT2D eigenvalue weighted by atomic mass is 16.5. The first kappa shape index (κ1) is 29.9. The van der Waals surface area contributed by atoms with Crippen molar-refractivity contribution >= 4 is 11.9 Å². The van der Waals surface area contributed by atoms with E-state index in [1.54, 1.807) is 0 Å². The van der Waals surface area contributed by atoms with E-state index in [4.69, 9.17) is 4.74 Å². The van der Waals surface area contributed by atoms with Gasteiger partial charge in [-0.15, -0.1) is 0 Å². The maximum absolute atomic E-state index is 13.8. The summed E-state index contributed by atoms with van der Waals surface area (Å²) in [6.07, 6.45) is 8.62. The van der Waals surface area contributed by atoms with Crippen LogP contribution in [0.15, 0.2) is 30.3 Å². The molecule has 8 heteroatoms. The second kappa shape index (κ2) is 12.1. The first-order chi connectivity index (χ1) is 20.1. The van der Waals surface area contributed by atoms with Crippen LogP contribution in [0.4, 0.5) is 4.79 Å². The molecule has 1 aromatic carbocycles. The molecule has 4 atom stereocenters. The summed E-state index contributed by atoms with van der Waals surface area (Å²) in [6.45, 7) is 11.6. The molecule has 1 spiro atoms. The standard InChI is InChI=1S/C34H52N4O4/c1-24(2)38-32(40)37(22-25-12-16-42-17-13-25)23-34(38)20-27-10-7-14-36(30(27)21-34)15-11-29(26-8-5-4-6-9-26)35-31(39)28-18-33(3,41)19-28/h4-6,8-9,24-25,27-30,41H,7,10-23H2,1-3H3,(H,35,39)/t27?,28?,29-,30?,33?,34?/m0/s1. The summed E-state index contributed by atoms with van der Waals surface area (Å²) < 4.78 is 5.58. The van der Waals surface area contributed by atoms with Crippen LogP contribution in [-0.4, -0.2) is 94.4 Å². The van der Waals surface area contributed by atoms with Gasteiger partial charge in [-0.1, -0.05) is 30.3 Å². The maximum Gasteiger partial charge on any atom is 0.320 e. The normalized spacial score (nSPS) is 34.6. The molecule has 3 aliphatic heterocycles. The number of amides is 3. The summed E-state index contributed by atoms with van der Waals surface area (Å²) in [5.74, 6) is 1.11. The lowest BCUT2D eigenvalue weighted by atomic mass is 9.71. The number of rotatable bonds is 9. The smallest absolute Gasteiger partial charge is 0.320 e. The molecule has 6 rings (SSSR count). The molecule has 1 aromatic rings. The van der Waals surface area contributed by atoms with E-state index in [0.29, 0.717) is 30.7 Å². The van der Waals surface area contributed by atoms with E-state index >= 15 is 0 Å². The highest BCUT2D eigenvalue weighted by molar-refractivity contribution is 5.80. The van der Waals surface area contributed by atoms with Gasteiger partial charge in [-0.25, -0.2) is 4.79 Å². The highest BCUT2D eigenvalue weighted by Gasteiger charge is 2.58. The molecule has 8 nitrogen and oxygen atoms in total. The number of benzene rings is 1. The van der Waals surface area contributed by atoms with Gasteiger partial charge in [0, 0.05) is 50.8 Å². The Bertz CT molecular complexity index is 1100. The number of aliphatic hydroxyl groups is 1. The van der Waals surface area contributed by atoms with Crippen molar-refractivity contribution in [3.8, 4) is 0 Å². The number of nitrogens with one attached hydrogen (secondary N) is 1. The summed E-state index contributed by atoms with van der Waals surface area (Å²) in [6, 6.07) is 11.2. The van der Waals surface area contributed by atoms with Crippen molar-refractivity contribution in [2.75, 3.05) is 39.4 Å². The predicted octanol–water partition coefficient (Wildman–Crippen LogP) is 4.58. The number of carbonyl (C=O) groups excluding carboxylic acids is 2. The quantitative estimate of drug-likeness (QED) is 0.447. The van der Waals surface area contributed by atoms with E-state index in [9.17, 15) is 14.7 Å².